The zero-order chi connectivity index (χ0) is 13.2. The Balaban J connectivity index is 3.36. The Bertz CT molecular complexity index is 406. The Morgan fingerprint density at radius 3 is 2.29 bits per heavy atom. The second-order valence-electron chi connectivity index (χ2n) is 3.67. The Labute approximate surface area is 106 Å². The molecule has 0 fully saturated rings. The van der Waals surface area contributed by atoms with Crippen molar-refractivity contribution in [2.24, 2.45) is 0 Å². The molecule has 6 heteroatoms. The molecule has 1 N–H and O–H groups in total. The van der Waals surface area contributed by atoms with Crippen LogP contribution in [0.25, 0.3) is 0 Å². The molecule has 1 rings (SSSR count). The number of rotatable bonds is 4. The van der Waals surface area contributed by atoms with E-state index in [1.165, 1.54) is 27.2 Å². The molecule has 0 amide bonds. The van der Waals surface area contributed by atoms with Gasteiger partial charge in [0, 0.05) is 14.2 Å². The van der Waals surface area contributed by atoms with Gasteiger partial charge in [0.2, 0.25) is 0 Å². The van der Waals surface area contributed by atoms with E-state index in [2.05, 4.69) is 15.9 Å². The third kappa shape index (κ3) is 2.65. The predicted octanol–water partition coefficient (Wildman–Crippen LogP) is 2.55. The zero-order valence-electron chi connectivity index (χ0n) is 9.63. The van der Waals surface area contributed by atoms with E-state index in [0.717, 1.165) is 6.07 Å². The van der Waals surface area contributed by atoms with Crippen molar-refractivity contribution in [3.8, 4) is 0 Å². The van der Waals surface area contributed by atoms with Crippen molar-refractivity contribution in [2.75, 3.05) is 14.2 Å². The molecule has 1 atom stereocenters. The van der Waals surface area contributed by atoms with Gasteiger partial charge < -0.3 is 14.6 Å². The maximum Gasteiger partial charge on any atom is 0.189 e. The van der Waals surface area contributed by atoms with Crippen LogP contribution in [0.5, 0.6) is 0 Å². The van der Waals surface area contributed by atoms with E-state index in [1.54, 1.807) is 0 Å². The van der Waals surface area contributed by atoms with Gasteiger partial charge in [-0.2, -0.15) is 0 Å². The first-order chi connectivity index (χ1) is 7.86. The number of benzene rings is 1. The molecule has 0 aliphatic carbocycles. The van der Waals surface area contributed by atoms with Gasteiger partial charge in [-0.05, 0) is 35.0 Å². The molecule has 0 saturated carbocycles. The molecule has 0 spiro atoms. The molecule has 0 bridgehead atoms. The van der Waals surface area contributed by atoms with Crippen molar-refractivity contribution in [1.29, 1.82) is 0 Å². The molecule has 96 valence electrons. The highest BCUT2D eigenvalue weighted by atomic mass is 79.9. The van der Waals surface area contributed by atoms with Gasteiger partial charge in [-0.3, -0.25) is 0 Å². The normalized spacial score (nSPS) is 15.1. The largest absolute Gasteiger partial charge is 0.380 e. The van der Waals surface area contributed by atoms with Gasteiger partial charge in [0.1, 0.15) is 17.2 Å². The molecule has 0 heterocycles. The van der Waals surface area contributed by atoms with E-state index in [0.29, 0.717) is 0 Å². The van der Waals surface area contributed by atoms with Gasteiger partial charge >= 0.3 is 0 Å². The second kappa shape index (κ2) is 5.39. The maximum atomic E-state index is 13.8. The summed E-state index contributed by atoms with van der Waals surface area (Å²) < 4.78 is 37.2. The van der Waals surface area contributed by atoms with Crippen molar-refractivity contribution in [3.05, 3.63) is 33.8 Å². The summed E-state index contributed by atoms with van der Waals surface area (Å²) in [6.45, 7) is 1.22. The number of halogens is 3. The van der Waals surface area contributed by atoms with Crippen molar-refractivity contribution in [3.63, 3.8) is 0 Å². The highest BCUT2D eigenvalue weighted by molar-refractivity contribution is 9.10. The molecular weight excluding hydrogens is 298 g/mol. The van der Waals surface area contributed by atoms with Gasteiger partial charge in [-0.25, -0.2) is 8.78 Å². The summed E-state index contributed by atoms with van der Waals surface area (Å²) in [5, 5.41) is 10.2. The smallest absolute Gasteiger partial charge is 0.189 e. The molecule has 0 aromatic heterocycles. The van der Waals surface area contributed by atoms with E-state index in [-0.39, 0.29) is 4.47 Å². The molecular formula is C11H13BrF2O3. The minimum atomic E-state index is -1.94. The number of ether oxygens (including phenoxy) is 2. The third-order valence-electron chi connectivity index (χ3n) is 2.44. The van der Waals surface area contributed by atoms with Crippen LogP contribution in [0, 0.1) is 11.6 Å². The number of methoxy groups -OCH3 is 2. The molecule has 1 unspecified atom stereocenters. The molecule has 3 nitrogen and oxygen atoms in total. The summed E-state index contributed by atoms with van der Waals surface area (Å²) in [4.78, 5) is 0. The lowest BCUT2D eigenvalue weighted by Crippen LogP contribution is -2.41. The van der Waals surface area contributed by atoms with Crippen LogP contribution in [-0.4, -0.2) is 25.6 Å². The van der Waals surface area contributed by atoms with E-state index < -0.39 is 29.1 Å². The lowest BCUT2D eigenvalue weighted by Gasteiger charge is -2.31. The third-order valence-corrected chi connectivity index (χ3v) is 3.05. The van der Waals surface area contributed by atoms with E-state index in [4.69, 9.17) is 9.47 Å². The van der Waals surface area contributed by atoms with Crippen LogP contribution in [0.15, 0.2) is 16.6 Å². The summed E-state index contributed by atoms with van der Waals surface area (Å²) in [6.07, 6.45) is -1.18. The first kappa shape index (κ1) is 14.5. The zero-order valence-corrected chi connectivity index (χ0v) is 11.2. The summed E-state index contributed by atoms with van der Waals surface area (Å²) in [6, 6.07) is 2.28. The van der Waals surface area contributed by atoms with Crippen LogP contribution in [0.1, 0.15) is 12.5 Å². The van der Waals surface area contributed by atoms with E-state index in [1.807, 2.05) is 0 Å². The van der Waals surface area contributed by atoms with Gasteiger partial charge in [-0.15, -0.1) is 0 Å². The number of hydrogen-bond donors (Lipinski definition) is 1. The van der Waals surface area contributed by atoms with Gasteiger partial charge in [0.25, 0.3) is 0 Å². The Morgan fingerprint density at radius 2 is 1.82 bits per heavy atom. The molecule has 0 aliphatic heterocycles. The highest BCUT2D eigenvalue weighted by Gasteiger charge is 2.39. The summed E-state index contributed by atoms with van der Waals surface area (Å²) in [7, 11) is 2.55. The number of aliphatic hydroxyl groups is 1. The van der Waals surface area contributed by atoms with Crippen LogP contribution in [0.4, 0.5) is 8.78 Å². The van der Waals surface area contributed by atoms with Crippen LogP contribution < -0.4 is 0 Å². The van der Waals surface area contributed by atoms with Crippen molar-refractivity contribution < 1.29 is 23.4 Å². The van der Waals surface area contributed by atoms with E-state index in [9.17, 15) is 13.9 Å². The molecule has 1 aromatic rings. The van der Waals surface area contributed by atoms with Crippen LogP contribution >= 0.6 is 15.9 Å². The van der Waals surface area contributed by atoms with Crippen LogP contribution in [0.3, 0.4) is 0 Å². The molecule has 0 saturated heterocycles. The van der Waals surface area contributed by atoms with Gasteiger partial charge in [-0.1, -0.05) is 0 Å². The molecule has 0 radical (unpaired) electrons. The summed E-state index contributed by atoms with van der Waals surface area (Å²) in [5.74, 6) is -1.75. The van der Waals surface area contributed by atoms with Gasteiger partial charge in [0.15, 0.2) is 6.29 Å². The van der Waals surface area contributed by atoms with Crippen LogP contribution in [-0.2, 0) is 15.1 Å². The fraction of sp³-hybridized carbons (Fsp3) is 0.455. The molecule has 1 aromatic carbocycles. The molecule has 17 heavy (non-hydrogen) atoms. The fourth-order valence-corrected chi connectivity index (χ4v) is 1.99. The van der Waals surface area contributed by atoms with E-state index >= 15 is 0 Å². The van der Waals surface area contributed by atoms with Crippen molar-refractivity contribution in [1.82, 2.24) is 0 Å². The minimum absolute atomic E-state index is 0.0557. The van der Waals surface area contributed by atoms with Crippen molar-refractivity contribution >= 4 is 15.9 Å². The average molecular weight is 311 g/mol. The minimum Gasteiger partial charge on any atom is -0.380 e. The first-order valence-electron chi connectivity index (χ1n) is 4.78. The SMILES string of the molecule is COC(OC)C(C)(O)c1c(F)ccc(Br)c1F. The number of hydrogen-bond acceptors (Lipinski definition) is 3. The Morgan fingerprint density at radius 1 is 1.29 bits per heavy atom. The summed E-state index contributed by atoms with van der Waals surface area (Å²) in [5.41, 5.74) is -2.44. The predicted molar refractivity (Wildman–Crippen MR) is 61.4 cm³/mol. The van der Waals surface area contributed by atoms with Crippen LogP contribution in [0.2, 0.25) is 0 Å². The summed E-state index contributed by atoms with van der Waals surface area (Å²) >= 11 is 2.93. The highest BCUT2D eigenvalue weighted by Crippen LogP contribution is 2.34. The standard InChI is InChI=1S/C11H13BrF2O3/c1-11(15,10(16-2)17-3)8-7(13)5-4-6(12)9(8)14/h4-5,10,15H,1-3H3. The fourth-order valence-electron chi connectivity index (χ4n) is 1.66. The lowest BCUT2D eigenvalue weighted by molar-refractivity contribution is -0.215. The Kier molecular flexibility index (Phi) is 4.60. The lowest BCUT2D eigenvalue weighted by atomic mass is 9.94. The average Bonchev–Trinajstić information content (AvgIpc) is 2.25. The second-order valence-corrected chi connectivity index (χ2v) is 4.52. The maximum absolute atomic E-state index is 13.8. The molecule has 0 aliphatic rings. The topological polar surface area (TPSA) is 38.7 Å². The quantitative estimate of drug-likeness (QED) is 0.686. The van der Waals surface area contributed by atoms with Gasteiger partial charge in [0.05, 0.1) is 10.0 Å². The Hall–Kier alpha value is -0.560. The monoisotopic (exact) mass is 310 g/mol. The first-order valence-corrected chi connectivity index (χ1v) is 5.57. The van der Waals surface area contributed by atoms with Crippen molar-refractivity contribution in [2.45, 2.75) is 18.8 Å².